The quantitative estimate of drug-likeness (QED) is 0.757. The first-order valence-corrected chi connectivity index (χ1v) is 9.48. The van der Waals surface area contributed by atoms with Crippen molar-refractivity contribution in [3.05, 3.63) is 18.3 Å². The molecule has 1 aromatic rings. The average molecular weight is 343 g/mol. The van der Waals surface area contributed by atoms with E-state index in [0.29, 0.717) is 5.03 Å². The average Bonchev–Trinajstić information content (AvgIpc) is 3.01. The van der Waals surface area contributed by atoms with Crippen LogP contribution in [0.3, 0.4) is 0 Å². The fourth-order valence-electron chi connectivity index (χ4n) is 2.23. The summed E-state index contributed by atoms with van der Waals surface area (Å²) in [4.78, 5) is 18.4. The molecule has 1 amide bonds. The molecule has 0 radical (unpaired) electrons. The Morgan fingerprint density at radius 2 is 1.95 bits per heavy atom. The fourth-order valence-corrected chi connectivity index (χ4v) is 3.95. The lowest BCUT2D eigenvalue weighted by atomic mass is 10.4. The van der Waals surface area contributed by atoms with Crippen LogP contribution in [0.1, 0.15) is 19.8 Å². The monoisotopic (exact) mass is 343 g/mol. The molecule has 1 aromatic heterocycles. The lowest BCUT2D eigenvalue weighted by Crippen LogP contribution is -2.34. The second-order valence-corrected chi connectivity index (χ2v) is 8.92. The molecule has 0 bridgehead atoms. The number of thioether (sulfide) groups is 1. The number of hydrogen-bond acceptors (Lipinski definition) is 5. The van der Waals surface area contributed by atoms with Crippen molar-refractivity contribution in [2.75, 3.05) is 27.2 Å². The smallest absolute Gasteiger partial charge is 0.244 e. The van der Waals surface area contributed by atoms with Gasteiger partial charge in [0.2, 0.25) is 15.9 Å². The Bertz CT molecular complexity index is 623. The van der Waals surface area contributed by atoms with Gasteiger partial charge >= 0.3 is 0 Å². The first kappa shape index (κ1) is 17.2. The first-order chi connectivity index (χ1) is 10.3. The maximum atomic E-state index is 12.2. The summed E-state index contributed by atoms with van der Waals surface area (Å²) >= 11 is 1.36. The van der Waals surface area contributed by atoms with E-state index in [1.807, 2.05) is 11.8 Å². The van der Waals surface area contributed by atoms with Gasteiger partial charge in [0, 0.05) is 33.4 Å². The number of hydrogen-bond donors (Lipinski definition) is 0. The van der Waals surface area contributed by atoms with Crippen LogP contribution in [0, 0.1) is 0 Å². The van der Waals surface area contributed by atoms with E-state index in [4.69, 9.17) is 0 Å². The van der Waals surface area contributed by atoms with Crippen molar-refractivity contribution in [3.63, 3.8) is 0 Å². The Balaban J connectivity index is 2.03. The van der Waals surface area contributed by atoms with E-state index in [2.05, 4.69) is 4.98 Å². The molecule has 1 aliphatic rings. The number of sulfonamides is 1. The highest BCUT2D eigenvalue weighted by Gasteiger charge is 2.24. The van der Waals surface area contributed by atoms with Crippen LogP contribution >= 0.6 is 11.8 Å². The normalized spacial score (nSPS) is 17.0. The maximum absolute atomic E-state index is 12.2. The maximum Gasteiger partial charge on any atom is 0.244 e. The van der Waals surface area contributed by atoms with Crippen LogP contribution in [0.15, 0.2) is 28.3 Å². The van der Waals surface area contributed by atoms with Crippen molar-refractivity contribution >= 4 is 27.7 Å². The topological polar surface area (TPSA) is 70.6 Å². The number of amides is 1. The van der Waals surface area contributed by atoms with Crippen molar-refractivity contribution < 1.29 is 13.2 Å². The van der Waals surface area contributed by atoms with Crippen molar-refractivity contribution in [1.82, 2.24) is 14.2 Å². The summed E-state index contributed by atoms with van der Waals surface area (Å²) in [6, 6.07) is 3.17. The number of likely N-dealkylation sites (tertiary alicyclic amines) is 1. The number of aromatic nitrogens is 1. The van der Waals surface area contributed by atoms with Gasteiger partial charge in [0.1, 0.15) is 4.90 Å². The van der Waals surface area contributed by atoms with E-state index >= 15 is 0 Å². The molecule has 0 spiro atoms. The van der Waals surface area contributed by atoms with Crippen LogP contribution in [0.25, 0.3) is 0 Å². The van der Waals surface area contributed by atoms with Gasteiger partial charge in [-0.05, 0) is 31.9 Å². The van der Waals surface area contributed by atoms with E-state index in [9.17, 15) is 13.2 Å². The molecule has 0 saturated carbocycles. The van der Waals surface area contributed by atoms with Gasteiger partial charge in [-0.1, -0.05) is 11.8 Å². The van der Waals surface area contributed by atoms with Gasteiger partial charge in [0.15, 0.2) is 0 Å². The zero-order valence-electron chi connectivity index (χ0n) is 13.0. The molecule has 122 valence electrons. The minimum absolute atomic E-state index is 0.120. The summed E-state index contributed by atoms with van der Waals surface area (Å²) in [5, 5.41) is 0.430. The Morgan fingerprint density at radius 1 is 1.32 bits per heavy atom. The number of pyridine rings is 1. The number of nitrogens with zero attached hydrogens (tertiary/aromatic N) is 3. The van der Waals surface area contributed by atoms with Crippen molar-refractivity contribution in [3.8, 4) is 0 Å². The Kier molecular flexibility index (Phi) is 5.46. The molecule has 1 atom stereocenters. The molecule has 6 nitrogen and oxygen atoms in total. The van der Waals surface area contributed by atoms with Gasteiger partial charge in [-0.3, -0.25) is 4.79 Å². The minimum atomic E-state index is -3.47. The second-order valence-electron chi connectivity index (χ2n) is 5.41. The van der Waals surface area contributed by atoms with Crippen LogP contribution in [-0.4, -0.2) is 60.9 Å². The lowest BCUT2D eigenvalue weighted by Gasteiger charge is -2.19. The molecule has 2 heterocycles. The summed E-state index contributed by atoms with van der Waals surface area (Å²) in [6.45, 7) is 3.52. The SMILES string of the molecule is C[C@H](Sc1ccc(S(=O)(=O)N(C)C)cn1)C(=O)N1CCCC1. The van der Waals surface area contributed by atoms with Crippen molar-refractivity contribution in [2.45, 2.75) is 34.9 Å². The standard InChI is InChI=1S/C14H21N3O3S2/c1-11(14(18)17-8-4-5-9-17)21-13-7-6-12(10-15-13)22(19,20)16(2)3/h6-7,10-11H,4-5,8-9H2,1-3H3/t11-/m0/s1. The summed E-state index contributed by atoms with van der Waals surface area (Å²) in [7, 11) is -0.503. The van der Waals surface area contributed by atoms with Crippen LogP contribution in [-0.2, 0) is 14.8 Å². The number of rotatable bonds is 5. The molecule has 1 aliphatic heterocycles. The highest BCUT2D eigenvalue weighted by Crippen LogP contribution is 2.25. The third-order valence-corrected chi connectivity index (χ3v) is 6.39. The largest absolute Gasteiger partial charge is 0.342 e. The molecule has 22 heavy (non-hydrogen) atoms. The molecular formula is C14H21N3O3S2. The van der Waals surface area contributed by atoms with Gasteiger partial charge < -0.3 is 4.90 Å². The van der Waals surface area contributed by atoms with Crippen LogP contribution in [0.2, 0.25) is 0 Å². The Hall–Kier alpha value is -1.12. The lowest BCUT2D eigenvalue weighted by molar-refractivity contribution is -0.129. The highest BCUT2D eigenvalue weighted by atomic mass is 32.2. The Labute approximate surface area is 135 Å². The van der Waals surface area contributed by atoms with Gasteiger partial charge in [0.25, 0.3) is 0 Å². The van der Waals surface area contributed by atoms with Crippen molar-refractivity contribution in [2.24, 2.45) is 0 Å². The molecule has 1 saturated heterocycles. The second kappa shape index (κ2) is 6.97. The molecule has 8 heteroatoms. The molecule has 0 unspecified atom stereocenters. The summed E-state index contributed by atoms with van der Waals surface area (Å²) in [5.74, 6) is 0.120. The van der Waals surface area contributed by atoms with Gasteiger partial charge in [-0.2, -0.15) is 0 Å². The summed E-state index contributed by atoms with van der Waals surface area (Å²) in [5.41, 5.74) is 0. The number of carbonyl (C=O) groups excluding carboxylic acids is 1. The zero-order chi connectivity index (χ0) is 16.3. The fraction of sp³-hybridized carbons (Fsp3) is 0.571. The predicted molar refractivity (Wildman–Crippen MR) is 86.2 cm³/mol. The van der Waals surface area contributed by atoms with E-state index in [1.165, 1.54) is 38.1 Å². The van der Waals surface area contributed by atoms with E-state index in [1.54, 1.807) is 6.07 Å². The molecule has 2 rings (SSSR count). The van der Waals surface area contributed by atoms with Gasteiger partial charge in [-0.15, -0.1) is 0 Å². The van der Waals surface area contributed by atoms with Gasteiger partial charge in [0.05, 0.1) is 10.3 Å². The summed E-state index contributed by atoms with van der Waals surface area (Å²) < 4.78 is 25.1. The van der Waals surface area contributed by atoms with Crippen LogP contribution in [0.4, 0.5) is 0 Å². The van der Waals surface area contributed by atoms with E-state index in [-0.39, 0.29) is 16.1 Å². The van der Waals surface area contributed by atoms with E-state index < -0.39 is 10.0 Å². The number of carbonyl (C=O) groups is 1. The summed E-state index contributed by atoms with van der Waals surface area (Å²) in [6.07, 6.45) is 3.47. The first-order valence-electron chi connectivity index (χ1n) is 7.16. The molecule has 0 aliphatic carbocycles. The highest BCUT2D eigenvalue weighted by molar-refractivity contribution is 8.00. The van der Waals surface area contributed by atoms with Crippen molar-refractivity contribution in [1.29, 1.82) is 0 Å². The Morgan fingerprint density at radius 3 is 2.45 bits per heavy atom. The molecular weight excluding hydrogens is 322 g/mol. The van der Waals surface area contributed by atoms with Crippen LogP contribution < -0.4 is 0 Å². The third-order valence-electron chi connectivity index (χ3n) is 3.55. The molecule has 0 aromatic carbocycles. The predicted octanol–water partition coefficient (Wildman–Crippen LogP) is 1.43. The minimum Gasteiger partial charge on any atom is -0.342 e. The molecule has 0 N–H and O–H groups in total. The third kappa shape index (κ3) is 3.80. The van der Waals surface area contributed by atoms with Crippen LogP contribution in [0.5, 0.6) is 0 Å². The molecule has 1 fully saturated rings. The van der Waals surface area contributed by atoms with E-state index in [0.717, 1.165) is 30.2 Å². The zero-order valence-corrected chi connectivity index (χ0v) is 14.7. The van der Waals surface area contributed by atoms with Gasteiger partial charge in [-0.25, -0.2) is 17.7 Å².